The third-order valence-corrected chi connectivity index (χ3v) is 2.54. The van der Waals surface area contributed by atoms with Crippen LogP contribution in [0.5, 0.6) is 0 Å². The summed E-state index contributed by atoms with van der Waals surface area (Å²) in [4.78, 5) is 10.7. The van der Waals surface area contributed by atoms with Gasteiger partial charge in [0.05, 0.1) is 0 Å². The molecule has 1 aliphatic carbocycles. The molecule has 0 amide bonds. The van der Waals surface area contributed by atoms with E-state index in [9.17, 15) is 4.79 Å². The van der Waals surface area contributed by atoms with Gasteiger partial charge in [0, 0.05) is 12.0 Å². The molecule has 0 fully saturated rings. The molecule has 0 radical (unpaired) electrons. The van der Waals surface area contributed by atoms with E-state index in [1.165, 1.54) is 0 Å². The Bertz CT molecular complexity index is 165. The minimum atomic E-state index is 0.208. The first-order valence-corrected chi connectivity index (χ1v) is 4.66. The summed E-state index contributed by atoms with van der Waals surface area (Å²) in [5, 5.41) is 3.21. The van der Waals surface area contributed by atoms with Crippen LogP contribution in [0.3, 0.4) is 0 Å². The summed E-state index contributed by atoms with van der Waals surface area (Å²) in [7, 11) is 1.94. The fourth-order valence-electron chi connectivity index (χ4n) is 1.74. The second-order valence-electron chi connectivity index (χ2n) is 3.32. The minimum absolute atomic E-state index is 0.208. The van der Waals surface area contributed by atoms with Crippen molar-refractivity contribution in [1.29, 1.82) is 0 Å². The summed E-state index contributed by atoms with van der Waals surface area (Å²) >= 11 is 0. The summed E-state index contributed by atoms with van der Waals surface area (Å²) in [6, 6.07) is 0.382. The van der Waals surface area contributed by atoms with E-state index in [2.05, 4.69) is 17.5 Å². The Morgan fingerprint density at radius 1 is 1.33 bits per heavy atom. The fourth-order valence-corrected chi connectivity index (χ4v) is 1.74. The summed E-state index contributed by atoms with van der Waals surface area (Å²) in [6.45, 7) is 0. The van der Waals surface area contributed by atoms with E-state index in [0.717, 1.165) is 32.0 Å². The first-order chi connectivity index (χ1) is 5.88. The van der Waals surface area contributed by atoms with E-state index in [4.69, 9.17) is 0 Å². The highest BCUT2D eigenvalue weighted by Gasteiger charge is 2.18. The molecular weight excluding hydrogens is 150 g/mol. The minimum Gasteiger partial charge on any atom is -0.316 e. The van der Waals surface area contributed by atoms with Gasteiger partial charge in [0.25, 0.3) is 0 Å². The Labute approximate surface area is 74.0 Å². The van der Waals surface area contributed by atoms with Crippen molar-refractivity contribution in [3.05, 3.63) is 12.2 Å². The van der Waals surface area contributed by atoms with Gasteiger partial charge in [-0.25, -0.2) is 0 Å². The molecule has 0 spiro atoms. The summed E-state index contributed by atoms with van der Waals surface area (Å²) in [5.41, 5.74) is 0. The number of carbonyl (C=O) groups is 1. The molecule has 1 aliphatic rings. The Morgan fingerprint density at radius 3 is 2.58 bits per heavy atom. The maximum atomic E-state index is 10.7. The SMILES string of the molecule is CNC1CC/C=C\CCC1C=O. The lowest BCUT2D eigenvalue weighted by atomic mass is 9.90. The van der Waals surface area contributed by atoms with Crippen LogP contribution >= 0.6 is 0 Å². The standard InChI is InChI=1S/C10H17NO/c1-11-10-7-5-3-2-4-6-9(10)8-12/h2-3,8-11H,4-7H2,1H3/b3-2-. The lowest BCUT2D eigenvalue weighted by molar-refractivity contribution is -0.112. The van der Waals surface area contributed by atoms with Crippen molar-refractivity contribution in [2.75, 3.05) is 7.05 Å². The predicted octanol–water partition coefficient (Wildman–Crippen LogP) is 1.52. The summed E-state index contributed by atoms with van der Waals surface area (Å²) < 4.78 is 0. The second kappa shape index (κ2) is 5.09. The van der Waals surface area contributed by atoms with E-state index in [1.54, 1.807) is 0 Å². The number of hydrogen-bond donors (Lipinski definition) is 1. The van der Waals surface area contributed by atoms with Crippen molar-refractivity contribution in [2.24, 2.45) is 5.92 Å². The van der Waals surface area contributed by atoms with Crippen molar-refractivity contribution in [3.8, 4) is 0 Å². The van der Waals surface area contributed by atoms with Gasteiger partial charge in [0.2, 0.25) is 0 Å². The van der Waals surface area contributed by atoms with Gasteiger partial charge < -0.3 is 10.1 Å². The normalized spacial score (nSPS) is 33.4. The molecule has 68 valence electrons. The molecule has 2 nitrogen and oxygen atoms in total. The number of aldehydes is 1. The zero-order valence-corrected chi connectivity index (χ0v) is 7.62. The summed E-state index contributed by atoms with van der Waals surface area (Å²) in [5.74, 6) is 0.208. The number of carbonyl (C=O) groups excluding carboxylic acids is 1. The molecule has 0 heterocycles. The first-order valence-electron chi connectivity index (χ1n) is 4.66. The van der Waals surface area contributed by atoms with Crippen LogP contribution in [-0.4, -0.2) is 19.4 Å². The monoisotopic (exact) mass is 167 g/mol. The molecule has 0 aromatic rings. The molecule has 0 aromatic heterocycles. The third-order valence-electron chi connectivity index (χ3n) is 2.54. The quantitative estimate of drug-likeness (QED) is 0.499. The molecule has 12 heavy (non-hydrogen) atoms. The molecule has 0 saturated carbocycles. The molecule has 0 aliphatic heterocycles. The highest BCUT2D eigenvalue weighted by atomic mass is 16.1. The molecule has 0 aromatic carbocycles. The van der Waals surface area contributed by atoms with Crippen LogP contribution < -0.4 is 5.32 Å². The first kappa shape index (κ1) is 9.46. The fraction of sp³-hybridized carbons (Fsp3) is 0.700. The Hall–Kier alpha value is -0.630. The molecular formula is C10H17NO. The Balaban J connectivity index is 2.54. The van der Waals surface area contributed by atoms with E-state index in [1.807, 2.05) is 7.05 Å². The van der Waals surface area contributed by atoms with Crippen LogP contribution in [0.15, 0.2) is 12.2 Å². The number of nitrogens with one attached hydrogen (secondary N) is 1. The van der Waals surface area contributed by atoms with Gasteiger partial charge in [-0.1, -0.05) is 12.2 Å². The average Bonchev–Trinajstić information content (AvgIpc) is 2.05. The summed E-state index contributed by atoms with van der Waals surface area (Å²) in [6.07, 6.45) is 9.70. The second-order valence-corrected chi connectivity index (χ2v) is 3.32. The average molecular weight is 167 g/mol. The molecule has 1 N–H and O–H groups in total. The Kier molecular flexibility index (Phi) is 4.01. The van der Waals surface area contributed by atoms with Crippen LogP contribution in [0.2, 0.25) is 0 Å². The third kappa shape index (κ3) is 2.45. The van der Waals surface area contributed by atoms with Gasteiger partial charge in [-0.15, -0.1) is 0 Å². The Morgan fingerprint density at radius 2 is 2.00 bits per heavy atom. The number of allylic oxidation sites excluding steroid dienone is 2. The highest BCUT2D eigenvalue weighted by molar-refractivity contribution is 5.54. The van der Waals surface area contributed by atoms with Crippen LogP contribution in [0.1, 0.15) is 25.7 Å². The predicted molar refractivity (Wildman–Crippen MR) is 50.0 cm³/mol. The number of rotatable bonds is 2. The van der Waals surface area contributed by atoms with Gasteiger partial charge in [-0.3, -0.25) is 0 Å². The van der Waals surface area contributed by atoms with Crippen molar-refractivity contribution in [2.45, 2.75) is 31.7 Å². The molecule has 0 bridgehead atoms. The van der Waals surface area contributed by atoms with Gasteiger partial charge in [0.1, 0.15) is 6.29 Å². The van der Waals surface area contributed by atoms with Gasteiger partial charge in [-0.2, -0.15) is 0 Å². The number of hydrogen-bond acceptors (Lipinski definition) is 2. The molecule has 1 rings (SSSR count). The van der Waals surface area contributed by atoms with Crippen molar-refractivity contribution in [1.82, 2.24) is 5.32 Å². The van der Waals surface area contributed by atoms with Crippen LogP contribution in [0, 0.1) is 5.92 Å². The highest BCUT2D eigenvalue weighted by Crippen LogP contribution is 2.17. The maximum Gasteiger partial charge on any atom is 0.124 e. The van der Waals surface area contributed by atoms with Crippen molar-refractivity contribution >= 4 is 6.29 Å². The zero-order valence-electron chi connectivity index (χ0n) is 7.62. The molecule has 0 saturated heterocycles. The van der Waals surface area contributed by atoms with Gasteiger partial charge in [-0.05, 0) is 32.7 Å². The van der Waals surface area contributed by atoms with Gasteiger partial charge in [0.15, 0.2) is 0 Å². The lowest BCUT2D eigenvalue weighted by Crippen LogP contribution is -2.34. The van der Waals surface area contributed by atoms with Crippen LogP contribution in [0.25, 0.3) is 0 Å². The van der Waals surface area contributed by atoms with Crippen molar-refractivity contribution < 1.29 is 4.79 Å². The molecule has 2 heteroatoms. The maximum absolute atomic E-state index is 10.7. The van der Waals surface area contributed by atoms with Crippen LogP contribution in [0.4, 0.5) is 0 Å². The topological polar surface area (TPSA) is 29.1 Å². The van der Waals surface area contributed by atoms with E-state index >= 15 is 0 Å². The van der Waals surface area contributed by atoms with Crippen molar-refractivity contribution in [3.63, 3.8) is 0 Å². The molecule has 2 unspecified atom stereocenters. The van der Waals surface area contributed by atoms with E-state index < -0.39 is 0 Å². The smallest absolute Gasteiger partial charge is 0.124 e. The van der Waals surface area contributed by atoms with Crippen LogP contribution in [-0.2, 0) is 4.79 Å². The lowest BCUT2D eigenvalue weighted by Gasteiger charge is -2.22. The largest absolute Gasteiger partial charge is 0.316 e. The molecule has 2 atom stereocenters. The van der Waals surface area contributed by atoms with Gasteiger partial charge >= 0.3 is 0 Å². The van der Waals surface area contributed by atoms with E-state index in [0.29, 0.717) is 6.04 Å². The zero-order chi connectivity index (χ0) is 8.81. The van der Waals surface area contributed by atoms with E-state index in [-0.39, 0.29) is 5.92 Å².